The minimum atomic E-state index is -0.250. The zero-order chi connectivity index (χ0) is 15.5. The first-order chi connectivity index (χ1) is 10.7. The van der Waals surface area contributed by atoms with Gasteiger partial charge in [0, 0.05) is 23.8 Å². The van der Waals surface area contributed by atoms with E-state index in [0.717, 1.165) is 22.2 Å². The number of nitrogens with zero attached hydrogens (tertiary/aromatic N) is 1. The molecule has 0 spiro atoms. The number of pyridine rings is 1. The van der Waals surface area contributed by atoms with Gasteiger partial charge in [0.1, 0.15) is 5.65 Å². The van der Waals surface area contributed by atoms with Crippen LogP contribution in [0.2, 0.25) is 0 Å². The van der Waals surface area contributed by atoms with Crippen LogP contribution in [-0.2, 0) is 6.42 Å². The van der Waals surface area contributed by atoms with E-state index in [1.54, 1.807) is 13.1 Å². The summed E-state index contributed by atoms with van der Waals surface area (Å²) in [5, 5.41) is 14.8. The predicted molar refractivity (Wildman–Crippen MR) is 87.2 cm³/mol. The van der Waals surface area contributed by atoms with E-state index in [-0.39, 0.29) is 18.6 Å². The van der Waals surface area contributed by atoms with Crippen molar-refractivity contribution >= 4 is 28.3 Å². The van der Waals surface area contributed by atoms with E-state index in [4.69, 9.17) is 5.11 Å². The highest BCUT2D eigenvalue weighted by Gasteiger charge is 2.16. The molecule has 1 amide bonds. The van der Waals surface area contributed by atoms with Gasteiger partial charge in [0.15, 0.2) is 0 Å². The van der Waals surface area contributed by atoms with Gasteiger partial charge in [-0.3, -0.25) is 4.79 Å². The highest BCUT2D eigenvalue weighted by Crippen LogP contribution is 2.24. The summed E-state index contributed by atoms with van der Waals surface area (Å²) < 4.78 is 0. The normalized spacial score (nSPS) is 12.5. The maximum absolute atomic E-state index is 12.3. The van der Waals surface area contributed by atoms with Gasteiger partial charge in [0.2, 0.25) is 0 Å². The summed E-state index contributed by atoms with van der Waals surface area (Å²) in [6.07, 6.45) is 4.32. The number of aromatic nitrogens is 2. The number of thiophene rings is 1. The van der Waals surface area contributed by atoms with Crippen molar-refractivity contribution in [3.63, 3.8) is 0 Å². The molecule has 1 atom stereocenters. The van der Waals surface area contributed by atoms with Gasteiger partial charge in [-0.15, -0.1) is 11.3 Å². The molecule has 1 unspecified atom stereocenters. The summed E-state index contributed by atoms with van der Waals surface area (Å²) in [4.78, 5) is 20.3. The second-order valence-electron chi connectivity index (χ2n) is 5.22. The fraction of sp³-hybridized carbons (Fsp3) is 0.250. The molecule has 3 heterocycles. The number of carbonyl (C=O) groups excluding carboxylic acids is 1. The average Bonchev–Trinajstić information content (AvgIpc) is 3.16. The summed E-state index contributed by atoms with van der Waals surface area (Å²) >= 11 is 1.42. The first-order valence-corrected chi connectivity index (χ1v) is 7.96. The van der Waals surface area contributed by atoms with Crippen molar-refractivity contribution in [2.45, 2.75) is 19.4 Å². The Kier molecular flexibility index (Phi) is 4.22. The van der Waals surface area contributed by atoms with Gasteiger partial charge in [-0.2, -0.15) is 0 Å². The van der Waals surface area contributed by atoms with Crippen molar-refractivity contribution in [2.24, 2.45) is 0 Å². The van der Waals surface area contributed by atoms with Crippen molar-refractivity contribution in [3.8, 4) is 0 Å². The topological polar surface area (TPSA) is 78.0 Å². The van der Waals surface area contributed by atoms with Gasteiger partial charge in [0.05, 0.1) is 11.5 Å². The molecular weight excluding hydrogens is 298 g/mol. The molecule has 22 heavy (non-hydrogen) atoms. The Bertz CT molecular complexity index is 793. The lowest BCUT2D eigenvalue weighted by Gasteiger charge is -2.11. The molecule has 0 aliphatic rings. The largest absolute Gasteiger partial charge is 0.394 e. The number of rotatable bonds is 5. The number of hydrogen-bond acceptors (Lipinski definition) is 4. The molecule has 3 aromatic rings. The van der Waals surface area contributed by atoms with Gasteiger partial charge < -0.3 is 15.4 Å². The molecule has 0 radical (unpaired) electrons. The number of aliphatic hydroxyl groups is 1. The Morgan fingerprint density at radius 3 is 3.09 bits per heavy atom. The van der Waals surface area contributed by atoms with Crippen LogP contribution in [0.15, 0.2) is 36.0 Å². The lowest BCUT2D eigenvalue weighted by Crippen LogP contribution is -2.34. The number of amides is 1. The van der Waals surface area contributed by atoms with E-state index in [0.29, 0.717) is 11.3 Å². The number of H-pyrrole nitrogens is 1. The minimum Gasteiger partial charge on any atom is -0.394 e. The van der Waals surface area contributed by atoms with Crippen molar-refractivity contribution in [3.05, 3.63) is 52.0 Å². The van der Waals surface area contributed by atoms with Crippen LogP contribution < -0.4 is 5.32 Å². The third-order valence-electron chi connectivity index (χ3n) is 3.54. The van der Waals surface area contributed by atoms with Crippen molar-refractivity contribution in [2.75, 3.05) is 6.61 Å². The molecule has 0 fully saturated rings. The Labute approximate surface area is 132 Å². The van der Waals surface area contributed by atoms with Gasteiger partial charge in [-0.1, -0.05) is 0 Å². The minimum absolute atomic E-state index is 0.0687. The molecule has 3 rings (SSSR count). The fourth-order valence-electron chi connectivity index (χ4n) is 2.39. The second kappa shape index (κ2) is 6.29. The molecule has 3 N–H and O–H groups in total. The van der Waals surface area contributed by atoms with Crippen LogP contribution in [0, 0.1) is 0 Å². The third kappa shape index (κ3) is 2.88. The summed E-state index contributed by atoms with van der Waals surface area (Å²) in [6, 6.07) is 5.70. The van der Waals surface area contributed by atoms with E-state index in [1.165, 1.54) is 11.3 Å². The number of fused-ring (bicyclic) bond motifs is 1. The van der Waals surface area contributed by atoms with Gasteiger partial charge in [-0.05, 0) is 48.1 Å². The molecule has 0 aliphatic carbocycles. The Balaban J connectivity index is 1.86. The summed E-state index contributed by atoms with van der Waals surface area (Å²) in [5.74, 6) is -0.133. The molecule has 0 saturated carbocycles. The lowest BCUT2D eigenvalue weighted by molar-refractivity contribution is 0.0925. The smallest absolute Gasteiger partial charge is 0.261 e. The predicted octanol–water partition coefficient (Wildman–Crippen LogP) is 2.33. The van der Waals surface area contributed by atoms with Crippen LogP contribution in [0.1, 0.15) is 27.7 Å². The Morgan fingerprint density at radius 2 is 2.27 bits per heavy atom. The highest BCUT2D eigenvalue weighted by atomic mass is 32.1. The molecule has 0 saturated heterocycles. The lowest BCUT2D eigenvalue weighted by atomic mass is 10.0. The van der Waals surface area contributed by atoms with E-state index < -0.39 is 0 Å². The van der Waals surface area contributed by atoms with Crippen LogP contribution in [0.3, 0.4) is 0 Å². The third-order valence-corrected chi connectivity index (χ3v) is 4.49. The molecule has 0 aromatic carbocycles. The van der Waals surface area contributed by atoms with Crippen molar-refractivity contribution < 1.29 is 9.90 Å². The molecule has 5 nitrogen and oxygen atoms in total. The molecular formula is C16H17N3O2S. The maximum atomic E-state index is 12.3. The summed E-state index contributed by atoms with van der Waals surface area (Å²) in [5.41, 5.74) is 2.97. The van der Waals surface area contributed by atoms with Crippen LogP contribution in [0.25, 0.3) is 11.0 Å². The van der Waals surface area contributed by atoms with Crippen LogP contribution >= 0.6 is 11.3 Å². The van der Waals surface area contributed by atoms with Crippen LogP contribution in [-0.4, -0.2) is 33.6 Å². The van der Waals surface area contributed by atoms with E-state index in [2.05, 4.69) is 15.3 Å². The van der Waals surface area contributed by atoms with Crippen molar-refractivity contribution in [1.82, 2.24) is 15.3 Å². The van der Waals surface area contributed by atoms with Crippen LogP contribution in [0.4, 0.5) is 0 Å². The molecule has 114 valence electrons. The van der Waals surface area contributed by atoms with Gasteiger partial charge in [0.25, 0.3) is 5.91 Å². The van der Waals surface area contributed by atoms with Crippen LogP contribution in [0.5, 0.6) is 0 Å². The van der Waals surface area contributed by atoms with E-state index in [1.807, 2.05) is 29.8 Å². The van der Waals surface area contributed by atoms with Gasteiger partial charge in [-0.25, -0.2) is 4.98 Å². The molecule has 0 bridgehead atoms. The fourth-order valence-corrected chi connectivity index (χ4v) is 3.21. The highest BCUT2D eigenvalue weighted by molar-refractivity contribution is 7.12. The Morgan fingerprint density at radius 1 is 1.41 bits per heavy atom. The van der Waals surface area contributed by atoms with Gasteiger partial charge >= 0.3 is 0 Å². The van der Waals surface area contributed by atoms with E-state index >= 15 is 0 Å². The average molecular weight is 315 g/mol. The molecule has 3 aromatic heterocycles. The number of carbonyl (C=O) groups is 1. The monoisotopic (exact) mass is 315 g/mol. The first kappa shape index (κ1) is 14.7. The first-order valence-electron chi connectivity index (χ1n) is 7.08. The van der Waals surface area contributed by atoms with E-state index in [9.17, 15) is 4.79 Å². The number of hydrogen-bond donors (Lipinski definition) is 3. The molecule has 0 aliphatic heterocycles. The summed E-state index contributed by atoms with van der Waals surface area (Å²) in [6.45, 7) is 1.71. The SMILES string of the molecule is CC(CO)NC(=O)c1sccc1Cc1ccnc2[nH]ccc12. The Hall–Kier alpha value is -2.18. The number of aromatic amines is 1. The molecule has 6 heteroatoms. The quantitative estimate of drug-likeness (QED) is 0.676. The standard InChI is InChI=1S/C16H17N3O2S/c1-10(9-20)19-16(21)14-12(4-7-22-14)8-11-2-5-17-15-13(11)3-6-18-15/h2-7,10,20H,8-9H2,1H3,(H,17,18)(H,19,21). The maximum Gasteiger partial charge on any atom is 0.261 e. The zero-order valence-electron chi connectivity index (χ0n) is 12.2. The number of nitrogens with one attached hydrogen (secondary N) is 2. The summed E-state index contributed by atoms with van der Waals surface area (Å²) in [7, 11) is 0. The zero-order valence-corrected chi connectivity index (χ0v) is 13.0. The van der Waals surface area contributed by atoms with Crippen molar-refractivity contribution in [1.29, 1.82) is 0 Å². The second-order valence-corrected chi connectivity index (χ2v) is 6.13. The number of aliphatic hydroxyl groups excluding tert-OH is 1.